The predicted octanol–water partition coefficient (Wildman–Crippen LogP) is 1.99. The van der Waals surface area contributed by atoms with Gasteiger partial charge >= 0.3 is 0 Å². The van der Waals surface area contributed by atoms with Gasteiger partial charge in [-0.2, -0.15) is 0 Å². The van der Waals surface area contributed by atoms with Crippen molar-refractivity contribution in [1.29, 1.82) is 0 Å². The number of hydrogen-bond donors (Lipinski definition) is 2. The first-order valence-electron chi connectivity index (χ1n) is 5.05. The van der Waals surface area contributed by atoms with Gasteiger partial charge in [0.2, 0.25) is 5.91 Å². The largest absolute Gasteiger partial charge is 0.376 e. The molecular formula is C12H14N3O. The van der Waals surface area contributed by atoms with Gasteiger partial charge in [0.1, 0.15) is 0 Å². The van der Waals surface area contributed by atoms with Crippen LogP contribution in [0.2, 0.25) is 0 Å². The van der Waals surface area contributed by atoms with E-state index in [2.05, 4.69) is 16.5 Å². The molecule has 2 N–H and O–H groups in total. The Morgan fingerprint density at radius 1 is 1.44 bits per heavy atom. The Morgan fingerprint density at radius 2 is 2.19 bits per heavy atom. The summed E-state index contributed by atoms with van der Waals surface area (Å²) in [7, 11) is 3.93. The molecule has 1 aromatic carbocycles. The minimum absolute atomic E-state index is 0.0661. The zero-order valence-electron chi connectivity index (χ0n) is 9.59. The van der Waals surface area contributed by atoms with Crippen LogP contribution in [-0.4, -0.2) is 25.0 Å². The Labute approximate surface area is 94.3 Å². The summed E-state index contributed by atoms with van der Waals surface area (Å²) in [5.74, 6) is -0.0661. The van der Waals surface area contributed by atoms with E-state index in [4.69, 9.17) is 0 Å². The quantitative estimate of drug-likeness (QED) is 0.806. The summed E-state index contributed by atoms with van der Waals surface area (Å²) in [6.45, 7) is 1.50. The van der Waals surface area contributed by atoms with Crippen LogP contribution in [0.15, 0.2) is 18.2 Å². The standard InChI is InChI=1S/C12H14N3O/c1-8(16)14-10-6-9-4-5-13-12(9)11(7-10)15(2)3/h4,6-7,13H,1-3H3,(H,14,16). The third-order valence-electron chi connectivity index (χ3n) is 2.38. The number of benzene rings is 1. The zero-order chi connectivity index (χ0) is 11.7. The number of carbonyl (C=O) groups excluding carboxylic acids is 1. The van der Waals surface area contributed by atoms with Gasteiger partial charge in [-0.1, -0.05) is 0 Å². The van der Waals surface area contributed by atoms with E-state index in [9.17, 15) is 4.79 Å². The molecule has 0 aliphatic heterocycles. The maximum atomic E-state index is 11.0. The molecule has 0 aliphatic carbocycles. The fourth-order valence-corrected chi connectivity index (χ4v) is 1.71. The summed E-state index contributed by atoms with van der Waals surface area (Å²) < 4.78 is 0. The lowest BCUT2D eigenvalue weighted by Crippen LogP contribution is -2.11. The summed E-state index contributed by atoms with van der Waals surface area (Å²) in [4.78, 5) is 16.1. The van der Waals surface area contributed by atoms with Crippen LogP contribution in [0.25, 0.3) is 10.9 Å². The van der Waals surface area contributed by atoms with Gasteiger partial charge in [0, 0.05) is 32.1 Å². The molecule has 4 heteroatoms. The van der Waals surface area contributed by atoms with Crippen molar-refractivity contribution in [3.63, 3.8) is 0 Å². The molecule has 16 heavy (non-hydrogen) atoms. The topological polar surface area (TPSA) is 48.1 Å². The van der Waals surface area contributed by atoms with Crippen molar-refractivity contribution in [3.05, 3.63) is 24.4 Å². The van der Waals surface area contributed by atoms with Crippen LogP contribution in [0, 0.1) is 6.20 Å². The molecule has 1 amide bonds. The van der Waals surface area contributed by atoms with Gasteiger partial charge in [0.25, 0.3) is 0 Å². The summed E-state index contributed by atoms with van der Waals surface area (Å²) in [6, 6.07) is 5.73. The van der Waals surface area contributed by atoms with Crippen LogP contribution in [0.5, 0.6) is 0 Å². The summed E-state index contributed by atoms with van der Waals surface area (Å²) in [5, 5.41) is 3.83. The first-order valence-corrected chi connectivity index (χ1v) is 5.05. The van der Waals surface area contributed by atoms with Crippen molar-refractivity contribution in [2.24, 2.45) is 0 Å². The Hall–Kier alpha value is -1.97. The lowest BCUT2D eigenvalue weighted by atomic mass is 10.2. The van der Waals surface area contributed by atoms with E-state index in [1.807, 2.05) is 37.2 Å². The first kappa shape index (κ1) is 10.5. The van der Waals surface area contributed by atoms with E-state index in [0.29, 0.717) is 0 Å². The average Bonchev–Trinajstić information content (AvgIpc) is 2.62. The molecule has 0 atom stereocenters. The monoisotopic (exact) mass is 216 g/mol. The summed E-state index contributed by atoms with van der Waals surface area (Å²) in [6.07, 6.45) is 2.95. The molecule has 2 aromatic rings. The molecule has 0 spiro atoms. The number of nitrogens with one attached hydrogen (secondary N) is 2. The minimum atomic E-state index is -0.0661. The molecule has 1 heterocycles. The fraction of sp³-hybridized carbons (Fsp3) is 0.250. The highest BCUT2D eigenvalue weighted by atomic mass is 16.1. The van der Waals surface area contributed by atoms with E-state index < -0.39 is 0 Å². The highest BCUT2D eigenvalue weighted by Gasteiger charge is 2.07. The Bertz CT molecular complexity index is 528. The molecule has 83 valence electrons. The smallest absolute Gasteiger partial charge is 0.221 e. The number of H-pyrrole nitrogens is 1. The van der Waals surface area contributed by atoms with Crippen LogP contribution in [0.4, 0.5) is 11.4 Å². The molecule has 1 aromatic heterocycles. The van der Waals surface area contributed by atoms with Crippen molar-refractivity contribution < 1.29 is 4.79 Å². The Kier molecular flexibility index (Phi) is 2.56. The molecular weight excluding hydrogens is 202 g/mol. The van der Waals surface area contributed by atoms with Crippen molar-refractivity contribution in [3.8, 4) is 0 Å². The second kappa shape index (κ2) is 3.89. The minimum Gasteiger partial charge on any atom is -0.376 e. The number of amides is 1. The third-order valence-corrected chi connectivity index (χ3v) is 2.38. The van der Waals surface area contributed by atoms with Gasteiger partial charge in [0.15, 0.2) is 0 Å². The summed E-state index contributed by atoms with van der Waals surface area (Å²) >= 11 is 0. The van der Waals surface area contributed by atoms with Gasteiger partial charge in [-0.15, -0.1) is 0 Å². The molecule has 4 nitrogen and oxygen atoms in total. The third kappa shape index (κ3) is 1.86. The number of aromatic nitrogens is 1. The molecule has 1 radical (unpaired) electrons. The Morgan fingerprint density at radius 3 is 2.81 bits per heavy atom. The Balaban J connectivity index is 2.57. The number of rotatable bonds is 2. The van der Waals surface area contributed by atoms with Crippen LogP contribution in [0.3, 0.4) is 0 Å². The van der Waals surface area contributed by atoms with E-state index in [-0.39, 0.29) is 5.91 Å². The molecule has 0 saturated heterocycles. The lowest BCUT2D eigenvalue weighted by Gasteiger charge is -2.15. The van der Waals surface area contributed by atoms with Gasteiger partial charge < -0.3 is 15.2 Å². The van der Waals surface area contributed by atoms with Crippen LogP contribution in [-0.2, 0) is 4.79 Å². The predicted molar refractivity (Wildman–Crippen MR) is 65.8 cm³/mol. The number of fused-ring (bicyclic) bond motifs is 1. The number of anilines is 2. The number of carbonyl (C=O) groups is 1. The van der Waals surface area contributed by atoms with Crippen LogP contribution < -0.4 is 10.2 Å². The van der Waals surface area contributed by atoms with E-state index >= 15 is 0 Å². The SMILES string of the molecule is CC(=O)Nc1cc(N(C)C)c2[nH][c]cc2c1. The van der Waals surface area contributed by atoms with Crippen LogP contribution >= 0.6 is 0 Å². The summed E-state index contributed by atoms with van der Waals surface area (Å²) in [5.41, 5.74) is 2.86. The maximum Gasteiger partial charge on any atom is 0.221 e. The number of nitrogens with zero attached hydrogens (tertiary/aromatic N) is 1. The highest BCUT2D eigenvalue weighted by Crippen LogP contribution is 2.28. The van der Waals surface area contributed by atoms with Crippen molar-refractivity contribution in [2.45, 2.75) is 6.92 Å². The second-order valence-corrected chi connectivity index (χ2v) is 3.95. The molecule has 0 unspecified atom stereocenters. The molecule has 0 saturated carbocycles. The average molecular weight is 216 g/mol. The van der Waals surface area contributed by atoms with Crippen molar-refractivity contribution in [1.82, 2.24) is 4.98 Å². The first-order chi connectivity index (χ1) is 7.58. The van der Waals surface area contributed by atoms with E-state index in [1.54, 1.807) is 0 Å². The molecule has 0 fully saturated rings. The number of aromatic amines is 1. The maximum absolute atomic E-state index is 11.0. The zero-order valence-corrected chi connectivity index (χ0v) is 9.59. The molecule has 2 rings (SSSR count). The molecule has 0 bridgehead atoms. The second-order valence-electron chi connectivity index (χ2n) is 3.95. The normalized spacial score (nSPS) is 10.4. The number of hydrogen-bond acceptors (Lipinski definition) is 2. The van der Waals surface area contributed by atoms with Gasteiger partial charge in [-0.3, -0.25) is 4.79 Å². The van der Waals surface area contributed by atoms with Gasteiger partial charge in [0.05, 0.1) is 17.4 Å². The molecule has 0 aliphatic rings. The fourth-order valence-electron chi connectivity index (χ4n) is 1.71. The van der Waals surface area contributed by atoms with Gasteiger partial charge in [-0.25, -0.2) is 0 Å². The van der Waals surface area contributed by atoms with Crippen molar-refractivity contribution >= 4 is 28.2 Å². The highest BCUT2D eigenvalue weighted by molar-refractivity contribution is 5.98. The van der Waals surface area contributed by atoms with E-state index in [1.165, 1.54) is 6.92 Å². The van der Waals surface area contributed by atoms with Gasteiger partial charge in [-0.05, 0) is 18.2 Å². The van der Waals surface area contributed by atoms with Crippen LogP contribution in [0.1, 0.15) is 6.92 Å². The lowest BCUT2D eigenvalue weighted by molar-refractivity contribution is -0.114. The van der Waals surface area contributed by atoms with E-state index in [0.717, 1.165) is 22.3 Å². The van der Waals surface area contributed by atoms with Crippen molar-refractivity contribution in [2.75, 3.05) is 24.3 Å².